The van der Waals surface area contributed by atoms with Crippen molar-refractivity contribution in [3.05, 3.63) is 94.6 Å². The number of aromatic amines is 1. The quantitative estimate of drug-likeness (QED) is 0.234. The van der Waals surface area contributed by atoms with Crippen LogP contribution in [-0.4, -0.2) is 31.1 Å². The number of anilines is 2. The molecule has 40 heavy (non-hydrogen) atoms. The Morgan fingerprint density at radius 1 is 1.12 bits per heavy atom. The number of halogens is 2. The van der Waals surface area contributed by atoms with Crippen LogP contribution < -0.4 is 16.4 Å². The number of H-pyrrole nitrogens is 1. The van der Waals surface area contributed by atoms with Gasteiger partial charge in [0, 0.05) is 17.8 Å². The van der Waals surface area contributed by atoms with Crippen LogP contribution in [0.3, 0.4) is 0 Å². The second-order valence-corrected chi connectivity index (χ2v) is 9.11. The summed E-state index contributed by atoms with van der Waals surface area (Å²) >= 11 is 0. The average molecular weight is 540 g/mol. The van der Waals surface area contributed by atoms with Crippen LogP contribution in [0, 0.1) is 29.9 Å². The molecule has 1 unspecified atom stereocenters. The molecule has 0 saturated carbocycles. The van der Waals surface area contributed by atoms with Gasteiger partial charge in [-0.05, 0) is 48.7 Å². The lowest BCUT2D eigenvalue weighted by Crippen LogP contribution is -2.29. The van der Waals surface area contributed by atoms with Crippen molar-refractivity contribution in [2.24, 2.45) is 0 Å². The molecule has 0 aliphatic heterocycles. The van der Waals surface area contributed by atoms with Gasteiger partial charge in [-0.1, -0.05) is 30.3 Å². The number of hydrogen-bond acceptors (Lipinski definition) is 8. The smallest absolute Gasteiger partial charge is 0.274 e. The van der Waals surface area contributed by atoms with E-state index in [0.29, 0.717) is 23.6 Å². The van der Waals surface area contributed by atoms with Crippen LogP contribution in [0.25, 0.3) is 22.2 Å². The maximum atomic E-state index is 13.7. The van der Waals surface area contributed by atoms with Gasteiger partial charge >= 0.3 is 0 Å². The third-order valence-electron chi connectivity index (χ3n) is 6.39. The normalized spacial score (nSPS) is 11.7. The van der Waals surface area contributed by atoms with Gasteiger partial charge in [-0.25, -0.2) is 23.7 Å². The zero-order chi connectivity index (χ0) is 28.4. The molecular formula is C28H23F2N9O. The molecule has 3 aromatic heterocycles. The van der Waals surface area contributed by atoms with Crippen molar-refractivity contribution in [3.8, 4) is 17.2 Å². The van der Waals surface area contributed by atoms with Crippen LogP contribution in [0.15, 0.2) is 54.7 Å². The maximum absolute atomic E-state index is 13.7. The lowest BCUT2D eigenvalue weighted by atomic mass is 10.0. The molecule has 0 bridgehead atoms. The molecule has 1 atom stereocenters. The number of benzene rings is 2. The number of aryl methyl sites for hydroxylation is 1. The maximum Gasteiger partial charge on any atom is 0.274 e. The fraction of sp³-hybridized carbons (Fsp3) is 0.143. The second-order valence-electron chi connectivity index (χ2n) is 9.11. The van der Waals surface area contributed by atoms with Gasteiger partial charge in [0.1, 0.15) is 6.07 Å². The number of amides is 1. The molecule has 2 aromatic carbocycles. The number of carbonyl (C=O) groups excluding carboxylic acids is 1. The molecule has 200 valence electrons. The number of hydrogen-bond donors (Lipinski definition) is 4. The summed E-state index contributed by atoms with van der Waals surface area (Å²) in [5.74, 6) is -2.08. The minimum atomic E-state index is -1.02. The van der Waals surface area contributed by atoms with Crippen LogP contribution in [0.1, 0.15) is 46.0 Å². The van der Waals surface area contributed by atoms with Crippen molar-refractivity contribution in [1.82, 2.24) is 30.5 Å². The van der Waals surface area contributed by atoms with Gasteiger partial charge < -0.3 is 16.4 Å². The zero-order valence-corrected chi connectivity index (χ0v) is 21.5. The fourth-order valence-corrected chi connectivity index (χ4v) is 4.20. The predicted molar refractivity (Wildman–Crippen MR) is 145 cm³/mol. The number of nitrogens with one attached hydrogen (secondary N) is 3. The largest absolute Gasteiger partial charge is 0.382 e. The number of nitrogen functional groups attached to an aromatic ring is 1. The van der Waals surface area contributed by atoms with Gasteiger partial charge in [-0.3, -0.25) is 9.89 Å². The van der Waals surface area contributed by atoms with Gasteiger partial charge in [0.15, 0.2) is 40.3 Å². The van der Waals surface area contributed by atoms with Crippen molar-refractivity contribution >= 4 is 28.6 Å². The van der Waals surface area contributed by atoms with E-state index in [-0.39, 0.29) is 17.2 Å². The number of rotatable bonds is 7. The summed E-state index contributed by atoms with van der Waals surface area (Å²) in [6.07, 6.45) is 1.26. The summed E-state index contributed by atoms with van der Waals surface area (Å²) in [7, 11) is 0. The topological polar surface area (TPSA) is 158 Å². The van der Waals surface area contributed by atoms with Crippen molar-refractivity contribution in [1.29, 1.82) is 5.26 Å². The number of pyridine rings is 1. The van der Waals surface area contributed by atoms with Gasteiger partial charge in [0.2, 0.25) is 0 Å². The lowest BCUT2D eigenvalue weighted by molar-refractivity contribution is 0.0935. The van der Waals surface area contributed by atoms with Crippen molar-refractivity contribution in [3.63, 3.8) is 0 Å². The highest BCUT2D eigenvalue weighted by Crippen LogP contribution is 2.28. The highest BCUT2D eigenvalue weighted by atomic mass is 19.2. The number of nitrogens with zero attached hydrogens (tertiary/aromatic N) is 5. The van der Waals surface area contributed by atoms with Gasteiger partial charge in [-0.2, -0.15) is 10.4 Å². The van der Waals surface area contributed by atoms with E-state index < -0.39 is 23.6 Å². The van der Waals surface area contributed by atoms with E-state index in [2.05, 4.69) is 35.8 Å². The molecule has 0 aliphatic carbocycles. The molecule has 5 N–H and O–H groups in total. The first-order valence-corrected chi connectivity index (χ1v) is 12.2. The number of fused-ring (bicyclic) bond motifs is 1. The monoisotopic (exact) mass is 539 g/mol. The Labute approximate surface area is 227 Å². The third kappa shape index (κ3) is 5.25. The van der Waals surface area contributed by atoms with Gasteiger partial charge in [0.05, 0.1) is 17.6 Å². The minimum Gasteiger partial charge on any atom is -0.382 e. The van der Waals surface area contributed by atoms with Crippen LogP contribution in [0.2, 0.25) is 0 Å². The summed E-state index contributed by atoms with van der Waals surface area (Å²) < 4.78 is 27.0. The molecule has 0 fully saturated rings. The van der Waals surface area contributed by atoms with E-state index in [1.165, 1.54) is 12.3 Å². The predicted octanol–water partition coefficient (Wildman–Crippen LogP) is 4.56. The number of aromatic nitrogens is 5. The van der Waals surface area contributed by atoms with E-state index in [0.717, 1.165) is 39.9 Å². The van der Waals surface area contributed by atoms with E-state index in [4.69, 9.17) is 5.73 Å². The molecule has 5 aromatic rings. The first-order valence-electron chi connectivity index (χ1n) is 12.2. The Bertz CT molecular complexity index is 1780. The molecule has 5 rings (SSSR count). The van der Waals surface area contributed by atoms with Crippen LogP contribution in [0.4, 0.5) is 20.4 Å². The molecule has 10 nitrogen and oxygen atoms in total. The highest BCUT2D eigenvalue weighted by Gasteiger charge is 2.20. The van der Waals surface area contributed by atoms with Gasteiger partial charge in [-0.15, -0.1) is 0 Å². The van der Waals surface area contributed by atoms with Crippen molar-refractivity contribution < 1.29 is 13.6 Å². The second kappa shape index (κ2) is 10.7. The van der Waals surface area contributed by atoms with E-state index >= 15 is 0 Å². The minimum absolute atomic E-state index is 0.0419. The van der Waals surface area contributed by atoms with E-state index in [1.807, 2.05) is 43.3 Å². The van der Waals surface area contributed by atoms with Crippen LogP contribution >= 0.6 is 0 Å². The Hall–Kier alpha value is -5.44. The Balaban J connectivity index is 1.32. The molecule has 0 spiro atoms. The fourth-order valence-electron chi connectivity index (χ4n) is 4.20. The molecule has 1 amide bonds. The number of nitrogens with two attached hydrogens (primary N) is 1. The Morgan fingerprint density at radius 3 is 2.62 bits per heavy atom. The van der Waals surface area contributed by atoms with Crippen molar-refractivity contribution in [2.45, 2.75) is 26.4 Å². The highest BCUT2D eigenvalue weighted by molar-refractivity contribution is 5.97. The molecule has 12 heteroatoms. The number of nitriles is 1. The Kier molecular flexibility index (Phi) is 7.03. The van der Waals surface area contributed by atoms with Crippen molar-refractivity contribution in [2.75, 3.05) is 11.1 Å². The molecular weight excluding hydrogens is 516 g/mol. The van der Waals surface area contributed by atoms with E-state index in [1.54, 1.807) is 6.92 Å². The average Bonchev–Trinajstić information content (AvgIpc) is 3.31. The van der Waals surface area contributed by atoms with E-state index in [9.17, 15) is 18.8 Å². The van der Waals surface area contributed by atoms with Crippen LogP contribution in [-0.2, 0) is 6.54 Å². The zero-order valence-electron chi connectivity index (χ0n) is 21.5. The molecule has 0 saturated heterocycles. The SMILES string of the molecule is Cc1nc2[nH]nc(N)c2cc1-c1ccc(CNc2ncc(C#N)nc2C(=O)NC(C)c2ccc(F)c(F)c2)cc1. The Morgan fingerprint density at radius 2 is 1.90 bits per heavy atom. The standard InChI is InChI=1S/C28H23F2N9O/c1-14(18-7-8-22(29)23(30)9-18)36-28(40)24-27(34-13-19(11-31)37-24)33-12-16-3-5-17(6-4-16)20-10-21-25(32)38-39-26(21)35-15(20)2/h3-10,13-14H,12H2,1-2H3,(H,33,34)(H,36,40)(H3,32,35,38,39). The summed E-state index contributed by atoms with van der Waals surface area (Å²) in [6.45, 7) is 3.84. The lowest BCUT2D eigenvalue weighted by Gasteiger charge is -2.16. The molecule has 0 radical (unpaired) electrons. The summed E-state index contributed by atoms with van der Waals surface area (Å²) in [6, 6.07) is 14.3. The first kappa shape index (κ1) is 26.2. The number of carbonyl (C=O) groups is 1. The third-order valence-corrected chi connectivity index (χ3v) is 6.39. The first-order chi connectivity index (χ1) is 19.2. The van der Waals surface area contributed by atoms with Crippen LogP contribution in [0.5, 0.6) is 0 Å². The summed E-state index contributed by atoms with van der Waals surface area (Å²) in [4.78, 5) is 25.9. The molecule has 0 aliphatic rings. The summed E-state index contributed by atoms with van der Waals surface area (Å²) in [5.41, 5.74) is 10.4. The summed E-state index contributed by atoms with van der Waals surface area (Å²) in [5, 5.41) is 22.6. The molecule has 3 heterocycles. The van der Waals surface area contributed by atoms with Gasteiger partial charge in [0.25, 0.3) is 5.91 Å².